The fraction of sp³-hybridized carbons (Fsp3) is 0.118. The van der Waals surface area contributed by atoms with Crippen molar-refractivity contribution in [3.63, 3.8) is 0 Å². The molecule has 0 amide bonds. The third-order valence-electron chi connectivity index (χ3n) is 3.88. The number of nitrogens with one attached hydrogen (secondary N) is 1. The zero-order chi connectivity index (χ0) is 20.6. The summed E-state index contributed by atoms with van der Waals surface area (Å²) in [6, 6.07) is 7.26. The lowest BCUT2D eigenvalue weighted by atomic mass is 10.1. The highest BCUT2D eigenvalue weighted by Gasteiger charge is 2.21. The Labute approximate surface area is 172 Å². The summed E-state index contributed by atoms with van der Waals surface area (Å²) < 4.78 is 1.25. The van der Waals surface area contributed by atoms with Crippen LogP contribution in [0, 0.1) is 17.0 Å². The second kappa shape index (κ2) is 7.78. The number of halogens is 2. The van der Waals surface area contributed by atoms with Crippen LogP contribution in [-0.4, -0.2) is 25.5 Å². The molecule has 28 heavy (non-hydrogen) atoms. The number of Topliss-reactive ketones (excluding diaryl/α,β-unsaturated/α-hetero) is 1. The van der Waals surface area contributed by atoms with Gasteiger partial charge >= 0.3 is 5.69 Å². The molecule has 3 rings (SSSR count). The third-order valence-corrected chi connectivity index (χ3v) is 5.63. The Bertz CT molecular complexity index is 1170. The minimum Gasteiger partial charge on any atom is -0.295 e. The Morgan fingerprint density at radius 3 is 2.57 bits per heavy atom. The summed E-state index contributed by atoms with van der Waals surface area (Å²) in [6.45, 7) is 3.07. The molecular weight excluding hydrogens is 427 g/mol. The van der Waals surface area contributed by atoms with Crippen LogP contribution in [0.3, 0.4) is 0 Å². The van der Waals surface area contributed by atoms with E-state index in [1.54, 1.807) is 13.0 Å². The Hall–Kier alpha value is -2.62. The second-order valence-corrected chi connectivity index (χ2v) is 7.62. The van der Waals surface area contributed by atoms with Crippen molar-refractivity contribution in [2.75, 3.05) is 0 Å². The van der Waals surface area contributed by atoms with Crippen molar-refractivity contribution in [1.82, 2.24) is 14.8 Å². The second-order valence-electron chi connectivity index (χ2n) is 5.80. The van der Waals surface area contributed by atoms with E-state index in [1.807, 2.05) is 0 Å². The molecule has 0 aliphatic heterocycles. The first-order valence-corrected chi connectivity index (χ1v) is 9.37. The lowest BCUT2D eigenvalue weighted by Crippen LogP contribution is -2.16. The smallest absolute Gasteiger partial charge is 0.295 e. The maximum Gasteiger partial charge on any atom is 0.348 e. The molecule has 1 heterocycles. The number of aryl methyl sites for hydroxylation is 1. The van der Waals surface area contributed by atoms with Crippen LogP contribution in [0.15, 0.2) is 45.2 Å². The van der Waals surface area contributed by atoms with Gasteiger partial charge in [0.1, 0.15) is 0 Å². The molecule has 0 saturated carbocycles. The van der Waals surface area contributed by atoms with E-state index in [0.29, 0.717) is 16.3 Å². The Morgan fingerprint density at radius 2 is 1.93 bits per heavy atom. The average Bonchev–Trinajstić information content (AvgIpc) is 2.98. The fourth-order valence-electron chi connectivity index (χ4n) is 2.50. The minimum atomic E-state index is -0.589. The van der Waals surface area contributed by atoms with E-state index in [0.717, 1.165) is 11.8 Å². The quantitative estimate of drug-likeness (QED) is 0.358. The van der Waals surface area contributed by atoms with Gasteiger partial charge in [0.2, 0.25) is 5.16 Å². The van der Waals surface area contributed by atoms with E-state index in [9.17, 15) is 19.7 Å². The Kier molecular flexibility index (Phi) is 5.59. The molecule has 8 nitrogen and oxygen atoms in total. The molecule has 0 aliphatic rings. The van der Waals surface area contributed by atoms with Crippen LogP contribution >= 0.6 is 35.0 Å². The molecule has 144 valence electrons. The van der Waals surface area contributed by atoms with Gasteiger partial charge in [0, 0.05) is 11.6 Å². The number of hydrogen-bond acceptors (Lipinski definition) is 6. The summed E-state index contributed by atoms with van der Waals surface area (Å²) in [5.41, 5.74) is 0.535. The zero-order valence-corrected chi connectivity index (χ0v) is 16.9. The van der Waals surface area contributed by atoms with Crippen molar-refractivity contribution in [3.8, 4) is 5.69 Å². The molecule has 11 heteroatoms. The molecule has 0 bridgehead atoms. The molecule has 0 fully saturated rings. The van der Waals surface area contributed by atoms with Crippen LogP contribution in [-0.2, 0) is 0 Å². The minimum absolute atomic E-state index is 0.171. The number of carbonyl (C=O) groups is 1. The number of aromatic amines is 1. The van der Waals surface area contributed by atoms with Crippen molar-refractivity contribution in [2.24, 2.45) is 0 Å². The third kappa shape index (κ3) is 3.82. The summed E-state index contributed by atoms with van der Waals surface area (Å²) in [5.74, 6) is -0.289. The van der Waals surface area contributed by atoms with Crippen LogP contribution in [0.2, 0.25) is 10.0 Å². The van der Waals surface area contributed by atoms with Crippen molar-refractivity contribution in [3.05, 3.63) is 72.1 Å². The predicted octanol–water partition coefficient (Wildman–Crippen LogP) is 4.44. The number of aromatic nitrogens is 3. The van der Waals surface area contributed by atoms with Crippen LogP contribution in [0.5, 0.6) is 0 Å². The van der Waals surface area contributed by atoms with Gasteiger partial charge in [0.15, 0.2) is 5.78 Å². The number of rotatable bonds is 5. The lowest BCUT2D eigenvalue weighted by Gasteiger charge is -2.10. The maximum atomic E-state index is 12.3. The zero-order valence-electron chi connectivity index (χ0n) is 14.5. The first kappa shape index (κ1) is 20.1. The molecule has 0 aliphatic carbocycles. The number of H-pyrrole nitrogens is 1. The monoisotopic (exact) mass is 438 g/mol. The lowest BCUT2D eigenvalue weighted by molar-refractivity contribution is -0.387. The van der Waals surface area contributed by atoms with Crippen molar-refractivity contribution >= 4 is 46.4 Å². The summed E-state index contributed by atoms with van der Waals surface area (Å²) >= 11 is 13.0. The van der Waals surface area contributed by atoms with E-state index in [2.05, 4.69) is 10.2 Å². The van der Waals surface area contributed by atoms with Gasteiger partial charge in [-0.25, -0.2) is 14.5 Å². The number of carbonyl (C=O) groups excluding carboxylic acids is 1. The van der Waals surface area contributed by atoms with Gasteiger partial charge in [0.05, 0.1) is 25.6 Å². The van der Waals surface area contributed by atoms with E-state index >= 15 is 0 Å². The number of nitrogens with zero attached hydrogens (tertiary/aromatic N) is 3. The first-order valence-electron chi connectivity index (χ1n) is 7.79. The topological polar surface area (TPSA) is 111 Å². The first-order chi connectivity index (χ1) is 13.2. The summed E-state index contributed by atoms with van der Waals surface area (Å²) in [5, 5.41) is 18.5. The summed E-state index contributed by atoms with van der Waals surface area (Å²) in [7, 11) is 0. The normalized spacial score (nSPS) is 10.9. The molecule has 1 N–H and O–H groups in total. The summed E-state index contributed by atoms with van der Waals surface area (Å²) in [6.07, 6.45) is 0. The number of hydrogen-bond donors (Lipinski definition) is 1. The molecule has 3 aromatic rings. The van der Waals surface area contributed by atoms with Crippen LogP contribution in [0.1, 0.15) is 22.8 Å². The number of ketones is 1. The van der Waals surface area contributed by atoms with Crippen molar-refractivity contribution in [2.45, 2.75) is 23.9 Å². The van der Waals surface area contributed by atoms with Gasteiger partial charge < -0.3 is 0 Å². The number of nitro groups is 1. The van der Waals surface area contributed by atoms with Crippen LogP contribution < -0.4 is 5.69 Å². The summed E-state index contributed by atoms with van der Waals surface area (Å²) in [4.78, 5) is 34.9. The Morgan fingerprint density at radius 1 is 1.25 bits per heavy atom. The SMILES string of the molecule is CC(=O)c1ccc(Sc2n[nH]c(=O)n2-c2cc(Cl)c(Cl)cc2C)c([N+](=O)[O-])c1. The van der Waals surface area contributed by atoms with E-state index in [-0.39, 0.29) is 32.1 Å². The molecular formula is C17H12Cl2N4O4S. The standard InChI is InChI=1S/C17H12Cl2N4O4S/c1-8-5-11(18)12(19)7-13(8)22-16(25)20-21-17(22)28-15-4-3-10(9(2)24)6-14(15)23(26)27/h3-7H,1-2H3,(H,20,25). The van der Waals surface area contributed by atoms with Crippen molar-refractivity contribution < 1.29 is 9.72 Å². The van der Waals surface area contributed by atoms with E-state index in [4.69, 9.17) is 23.2 Å². The van der Waals surface area contributed by atoms with Crippen LogP contribution in [0.25, 0.3) is 5.69 Å². The maximum absolute atomic E-state index is 12.3. The van der Waals surface area contributed by atoms with E-state index in [1.165, 1.54) is 35.8 Å². The predicted molar refractivity (Wildman–Crippen MR) is 106 cm³/mol. The molecule has 0 radical (unpaired) electrons. The largest absolute Gasteiger partial charge is 0.348 e. The van der Waals surface area contributed by atoms with Crippen LogP contribution in [0.4, 0.5) is 5.69 Å². The fourth-order valence-corrected chi connectivity index (χ4v) is 3.81. The van der Waals surface area contributed by atoms with Gasteiger partial charge in [-0.2, -0.15) is 0 Å². The molecule has 1 aromatic heterocycles. The van der Waals surface area contributed by atoms with Gasteiger partial charge in [-0.1, -0.05) is 23.2 Å². The van der Waals surface area contributed by atoms with Gasteiger partial charge in [-0.05, 0) is 55.4 Å². The molecule has 0 unspecified atom stereocenters. The highest BCUT2D eigenvalue weighted by atomic mass is 35.5. The Balaban J connectivity index is 2.12. The number of benzene rings is 2. The highest BCUT2D eigenvalue weighted by Crippen LogP contribution is 2.36. The van der Waals surface area contributed by atoms with Gasteiger partial charge in [-0.3, -0.25) is 14.9 Å². The molecule has 0 atom stereocenters. The average molecular weight is 439 g/mol. The van der Waals surface area contributed by atoms with Gasteiger partial charge in [0.25, 0.3) is 5.69 Å². The molecule has 0 saturated heterocycles. The number of nitro benzene ring substituents is 1. The molecule has 2 aromatic carbocycles. The van der Waals surface area contributed by atoms with E-state index < -0.39 is 10.6 Å². The van der Waals surface area contributed by atoms with Gasteiger partial charge in [-0.15, -0.1) is 5.10 Å². The van der Waals surface area contributed by atoms with Crippen molar-refractivity contribution in [1.29, 1.82) is 0 Å². The highest BCUT2D eigenvalue weighted by molar-refractivity contribution is 7.99. The molecule has 0 spiro atoms.